The molecule has 2 bridgehead atoms. The molecule has 14 heavy (non-hydrogen) atoms. The second kappa shape index (κ2) is 4.82. The monoisotopic (exact) mass is 190 g/mol. The van der Waals surface area contributed by atoms with E-state index in [2.05, 4.69) is 31.2 Å². The number of hydrogen-bond donors (Lipinski definition) is 0. The fourth-order valence-electron chi connectivity index (χ4n) is 3.06. The molecule has 0 aromatic rings. The minimum absolute atomic E-state index is 0.959. The van der Waals surface area contributed by atoms with E-state index in [1.807, 2.05) is 0 Å². The van der Waals surface area contributed by atoms with Crippen molar-refractivity contribution in [3.8, 4) is 0 Å². The first-order chi connectivity index (χ1) is 6.90. The number of allylic oxidation sites excluding steroid dienone is 4. The molecule has 3 atom stereocenters. The van der Waals surface area contributed by atoms with Crippen LogP contribution in [0.5, 0.6) is 0 Å². The van der Waals surface area contributed by atoms with Crippen LogP contribution in [-0.4, -0.2) is 0 Å². The van der Waals surface area contributed by atoms with Crippen LogP contribution in [0.3, 0.4) is 0 Å². The first kappa shape index (κ1) is 10.0. The molecule has 3 unspecified atom stereocenters. The van der Waals surface area contributed by atoms with Crippen LogP contribution in [0.1, 0.15) is 45.4 Å². The van der Waals surface area contributed by atoms with Crippen molar-refractivity contribution in [1.29, 1.82) is 0 Å². The maximum Gasteiger partial charge on any atom is -0.0199 e. The van der Waals surface area contributed by atoms with E-state index >= 15 is 0 Å². The smallest absolute Gasteiger partial charge is 0.0199 e. The topological polar surface area (TPSA) is 0 Å². The molecule has 2 aliphatic rings. The number of fused-ring (bicyclic) bond motifs is 2. The standard InChI is InChI=1S/C14H22/c1-2-3-4-5-6-7-13-10-12-8-9-14(13)11-12/h2-3,8-9,12-14H,4-7,10-11H2,1H3/b3-2+. The zero-order valence-electron chi connectivity index (χ0n) is 9.28. The van der Waals surface area contributed by atoms with Gasteiger partial charge in [-0.1, -0.05) is 30.7 Å². The Hall–Kier alpha value is -0.520. The third-order valence-corrected chi connectivity index (χ3v) is 3.85. The zero-order chi connectivity index (χ0) is 9.80. The van der Waals surface area contributed by atoms with E-state index in [-0.39, 0.29) is 0 Å². The molecular formula is C14H22. The molecule has 2 aliphatic carbocycles. The van der Waals surface area contributed by atoms with E-state index in [1.54, 1.807) is 0 Å². The second-order valence-corrected chi connectivity index (χ2v) is 4.89. The van der Waals surface area contributed by atoms with Crippen LogP contribution in [0.25, 0.3) is 0 Å². The molecule has 0 saturated heterocycles. The highest BCUT2D eigenvalue weighted by Crippen LogP contribution is 2.45. The summed E-state index contributed by atoms with van der Waals surface area (Å²) in [5.41, 5.74) is 0. The largest absolute Gasteiger partial charge is 0.0917 e. The predicted molar refractivity (Wildman–Crippen MR) is 62.1 cm³/mol. The van der Waals surface area contributed by atoms with Gasteiger partial charge in [-0.3, -0.25) is 0 Å². The van der Waals surface area contributed by atoms with Crippen LogP contribution in [0.2, 0.25) is 0 Å². The Balaban J connectivity index is 1.60. The summed E-state index contributed by atoms with van der Waals surface area (Å²) in [5, 5.41) is 0. The summed E-state index contributed by atoms with van der Waals surface area (Å²) in [4.78, 5) is 0. The highest BCUT2D eigenvalue weighted by Gasteiger charge is 2.34. The van der Waals surface area contributed by atoms with Gasteiger partial charge < -0.3 is 0 Å². The van der Waals surface area contributed by atoms with Crippen molar-refractivity contribution in [2.24, 2.45) is 17.8 Å². The molecule has 1 fully saturated rings. The third-order valence-electron chi connectivity index (χ3n) is 3.85. The van der Waals surface area contributed by atoms with Gasteiger partial charge in [-0.05, 0) is 56.8 Å². The summed E-state index contributed by atoms with van der Waals surface area (Å²) in [6.45, 7) is 2.11. The van der Waals surface area contributed by atoms with Crippen LogP contribution in [0.4, 0.5) is 0 Å². The maximum absolute atomic E-state index is 2.48. The number of hydrogen-bond acceptors (Lipinski definition) is 0. The number of unbranched alkanes of at least 4 members (excludes halogenated alkanes) is 2. The Morgan fingerprint density at radius 2 is 2.14 bits per heavy atom. The first-order valence-corrected chi connectivity index (χ1v) is 6.19. The molecule has 0 radical (unpaired) electrons. The van der Waals surface area contributed by atoms with Gasteiger partial charge in [0.1, 0.15) is 0 Å². The van der Waals surface area contributed by atoms with Gasteiger partial charge >= 0.3 is 0 Å². The van der Waals surface area contributed by atoms with E-state index < -0.39 is 0 Å². The van der Waals surface area contributed by atoms with E-state index in [1.165, 1.54) is 38.5 Å². The molecule has 0 N–H and O–H groups in total. The fraction of sp³-hybridized carbons (Fsp3) is 0.714. The lowest BCUT2D eigenvalue weighted by Crippen LogP contribution is -2.06. The molecule has 0 nitrogen and oxygen atoms in total. The minimum atomic E-state index is 0.959. The molecule has 0 heteroatoms. The Morgan fingerprint density at radius 3 is 2.79 bits per heavy atom. The molecule has 1 saturated carbocycles. The zero-order valence-corrected chi connectivity index (χ0v) is 9.28. The van der Waals surface area contributed by atoms with Crippen molar-refractivity contribution in [2.75, 3.05) is 0 Å². The van der Waals surface area contributed by atoms with Crippen molar-refractivity contribution in [3.05, 3.63) is 24.3 Å². The van der Waals surface area contributed by atoms with Gasteiger partial charge in [-0.25, -0.2) is 0 Å². The highest BCUT2D eigenvalue weighted by atomic mass is 14.4. The van der Waals surface area contributed by atoms with Crippen LogP contribution >= 0.6 is 0 Å². The maximum atomic E-state index is 2.48. The Bertz CT molecular complexity index is 224. The molecule has 2 rings (SSSR count). The van der Waals surface area contributed by atoms with E-state index in [0.29, 0.717) is 0 Å². The molecular weight excluding hydrogens is 168 g/mol. The van der Waals surface area contributed by atoms with Gasteiger partial charge in [-0.2, -0.15) is 0 Å². The van der Waals surface area contributed by atoms with Crippen molar-refractivity contribution >= 4 is 0 Å². The van der Waals surface area contributed by atoms with Gasteiger partial charge in [-0.15, -0.1) is 0 Å². The highest BCUT2D eigenvalue weighted by molar-refractivity contribution is 5.09. The van der Waals surface area contributed by atoms with Crippen LogP contribution < -0.4 is 0 Å². The average molecular weight is 190 g/mol. The van der Waals surface area contributed by atoms with Crippen LogP contribution in [-0.2, 0) is 0 Å². The predicted octanol–water partition coefficient (Wildman–Crippen LogP) is 4.34. The molecule has 78 valence electrons. The lowest BCUT2D eigenvalue weighted by atomic mass is 9.89. The summed E-state index contributed by atoms with van der Waals surface area (Å²) < 4.78 is 0. The fourth-order valence-corrected chi connectivity index (χ4v) is 3.06. The van der Waals surface area contributed by atoms with Gasteiger partial charge in [0.15, 0.2) is 0 Å². The van der Waals surface area contributed by atoms with Crippen molar-refractivity contribution in [3.63, 3.8) is 0 Å². The van der Waals surface area contributed by atoms with Gasteiger partial charge in [0.25, 0.3) is 0 Å². The Morgan fingerprint density at radius 1 is 1.21 bits per heavy atom. The van der Waals surface area contributed by atoms with E-state index in [0.717, 1.165) is 17.8 Å². The molecule has 0 heterocycles. The van der Waals surface area contributed by atoms with Crippen molar-refractivity contribution < 1.29 is 0 Å². The van der Waals surface area contributed by atoms with Gasteiger partial charge in [0.05, 0.1) is 0 Å². The molecule has 0 aromatic heterocycles. The third kappa shape index (κ3) is 2.29. The molecule has 0 aromatic carbocycles. The SMILES string of the molecule is C/C=C/CCCCC1CC2C=CC1C2. The minimum Gasteiger partial charge on any atom is -0.0917 e. The summed E-state index contributed by atoms with van der Waals surface area (Å²) in [5.74, 6) is 2.96. The first-order valence-electron chi connectivity index (χ1n) is 6.19. The summed E-state index contributed by atoms with van der Waals surface area (Å²) in [7, 11) is 0. The summed E-state index contributed by atoms with van der Waals surface area (Å²) >= 11 is 0. The number of rotatable bonds is 5. The molecule has 0 spiro atoms. The summed E-state index contributed by atoms with van der Waals surface area (Å²) in [6, 6.07) is 0. The average Bonchev–Trinajstić information content (AvgIpc) is 2.79. The summed E-state index contributed by atoms with van der Waals surface area (Å²) in [6.07, 6.45) is 17.9. The van der Waals surface area contributed by atoms with E-state index in [9.17, 15) is 0 Å². The van der Waals surface area contributed by atoms with Crippen molar-refractivity contribution in [1.82, 2.24) is 0 Å². The molecule has 0 aliphatic heterocycles. The normalized spacial score (nSPS) is 34.8. The van der Waals surface area contributed by atoms with Crippen LogP contribution in [0.15, 0.2) is 24.3 Å². The van der Waals surface area contributed by atoms with Crippen LogP contribution in [0, 0.1) is 17.8 Å². The van der Waals surface area contributed by atoms with Gasteiger partial charge in [0, 0.05) is 0 Å². The molecule has 0 amide bonds. The Kier molecular flexibility index (Phi) is 3.44. The van der Waals surface area contributed by atoms with Gasteiger partial charge in [0.2, 0.25) is 0 Å². The second-order valence-electron chi connectivity index (χ2n) is 4.89. The van der Waals surface area contributed by atoms with Crippen molar-refractivity contribution in [2.45, 2.75) is 45.4 Å². The quantitative estimate of drug-likeness (QED) is 0.447. The lowest BCUT2D eigenvalue weighted by molar-refractivity contribution is 0.399. The Labute approximate surface area is 88.1 Å². The lowest BCUT2D eigenvalue weighted by Gasteiger charge is -2.17. The van der Waals surface area contributed by atoms with E-state index in [4.69, 9.17) is 0 Å².